The molecule has 0 aliphatic carbocycles. The van der Waals surface area contributed by atoms with Crippen LogP contribution in [0.2, 0.25) is 0 Å². The molecule has 0 bridgehead atoms. The first-order chi connectivity index (χ1) is 13.1. The predicted molar refractivity (Wildman–Crippen MR) is 107 cm³/mol. The van der Waals surface area contributed by atoms with Crippen LogP contribution in [-0.4, -0.2) is 20.1 Å². The van der Waals surface area contributed by atoms with Crippen LogP contribution in [0.4, 0.5) is 0 Å². The molecule has 4 rings (SSSR count). The molecule has 4 aromatic rings. The van der Waals surface area contributed by atoms with Gasteiger partial charge in [0.05, 0.1) is 10.2 Å². The summed E-state index contributed by atoms with van der Waals surface area (Å²) < 4.78 is 4.08. The van der Waals surface area contributed by atoms with Crippen molar-refractivity contribution in [2.24, 2.45) is 0 Å². The summed E-state index contributed by atoms with van der Waals surface area (Å²) in [7, 11) is 0. The van der Waals surface area contributed by atoms with Crippen LogP contribution in [0.1, 0.15) is 22.9 Å². The Morgan fingerprint density at radius 3 is 2.81 bits per heavy atom. The van der Waals surface area contributed by atoms with Crippen molar-refractivity contribution in [3.63, 3.8) is 0 Å². The third-order valence-electron chi connectivity index (χ3n) is 4.72. The minimum atomic E-state index is -0.259. The lowest BCUT2D eigenvalue weighted by molar-refractivity contribution is -0.122. The quantitative estimate of drug-likeness (QED) is 0.579. The van der Waals surface area contributed by atoms with Crippen LogP contribution < -0.4 is 10.9 Å². The second-order valence-corrected chi connectivity index (χ2v) is 7.68. The minimum Gasteiger partial charge on any atom is -0.350 e. The topological polar surface area (TPSA) is 68.4 Å². The van der Waals surface area contributed by atoms with Gasteiger partial charge in [0.25, 0.3) is 5.56 Å². The number of rotatable bonds is 5. The van der Waals surface area contributed by atoms with Gasteiger partial charge < -0.3 is 5.32 Å². The first kappa shape index (κ1) is 17.5. The Labute approximate surface area is 160 Å². The van der Waals surface area contributed by atoms with Crippen LogP contribution in [-0.2, 0) is 24.3 Å². The van der Waals surface area contributed by atoms with Gasteiger partial charge in [-0.3, -0.25) is 14.0 Å². The number of hydrogen-bond acceptors (Lipinski definition) is 4. The first-order valence-corrected chi connectivity index (χ1v) is 9.69. The molecule has 0 radical (unpaired) electrons. The number of benzene rings is 1. The Morgan fingerprint density at radius 2 is 2.04 bits per heavy atom. The van der Waals surface area contributed by atoms with E-state index in [-0.39, 0.29) is 18.0 Å². The van der Waals surface area contributed by atoms with Crippen molar-refractivity contribution in [3.8, 4) is 0 Å². The SMILES string of the molecule is CCc1cc2c(cc3c(=O)n(CC(=O)NCc4ccccc4C)ncn32)s1. The summed E-state index contributed by atoms with van der Waals surface area (Å²) in [5.41, 5.74) is 3.45. The van der Waals surface area contributed by atoms with Gasteiger partial charge in [0.1, 0.15) is 18.4 Å². The maximum atomic E-state index is 12.7. The van der Waals surface area contributed by atoms with E-state index in [1.807, 2.05) is 37.3 Å². The molecule has 0 aliphatic heterocycles. The second-order valence-electron chi connectivity index (χ2n) is 6.51. The van der Waals surface area contributed by atoms with Crippen molar-refractivity contribution in [3.05, 3.63) is 69.1 Å². The average molecular weight is 380 g/mol. The van der Waals surface area contributed by atoms with E-state index in [1.54, 1.807) is 22.1 Å². The minimum absolute atomic E-state index is 0.0970. The van der Waals surface area contributed by atoms with E-state index in [0.717, 1.165) is 27.8 Å². The Morgan fingerprint density at radius 1 is 1.22 bits per heavy atom. The summed E-state index contributed by atoms with van der Waals surface area (Å²) in [6, 6.07) is 11.9. The molecule has 0 fully saturated rings. The maximum absolute atomic E-state index is 12.7. The summed E-state index contributed by atoms with van der Waals surface area (Å²) in [5.74, 6) is -0.237. The van der Waals surface area contributed by atoms with Gasteiger partial charge in [-0.15, -0.1) is 11.3 Å². The number of thiophene rings is 1. The normalized spacial score (nSPS) is 11.3. The standard InChI is InChI=1S/C20H20N4O2S/c1-3-15-8-16-18(27-15)9-17-20(26)24(22-12-23(16)17)11-19(25)21-10-14-7-5-4-6-13(14)2/h4-9,12H,3,10-11H2,1-2H3,(H,21,25). The van der Waals surface area contributed by atoms with Crippen LogP contribution in [0.5, 0.6) is 0 Å². The van der Waals surface area contributed by atoms with Crippen LogP contribution in [0.15, 0.2) is 47.5 Å². The molecule has 1 N–H and O–H groups in total. The molecule has 7 heteroatoms. The molecule has 0 aliphatic rings. The van der Waals surface area contributed by atoms with E-state index < -0.39 is 0 Å². The number of carbonyl (C=O) groups is 1. The molecule has 3 heterocycles. The zero-order chi connectivity index (χ0) is 19.0. The Bertz CT molecular complexity index is 1200. The van der Waals surface area contributed by atoms with Gasteiger partial charge in [0.2, 0.25) is 5.91 Å². The number of aromatic nitrogens is 3. The highest BCUT2D eigenvalue weighted by molar-refractivity contribution is 7.19. The number of carbonyl (C=O) groups excluding carboxylic acids is 1. The molecular weight excluding hydrogens is 360 g/mol. The lowest BCUT2D eigenvalue weighted by Gasteiger charge is -2.09. The molecule has 6 nitrogen and oxygen atoms in total. The van der Waals surface area contributed by atoms with E-state index >= 15 is 0 Å². The summed E-state index contributed by atoms with van der Waals surface area (Å²) in [4.78, 5) is 26.3. The summed E-state index contributed by atoms with van der Waals surface area (Å²) in [6.07, 6.45) is 2.58. The van der Waals surface area contributed by atoms with Crippen molar-refractivity contribution in [1.82, 2.24) is 19.5 Å². The van der Waals surface area contributed by atoms with Crippen LogP contribution in [0.3, 0.4) is 0 Å². The van der Waals surface area contributed by atoms with Crippen LogP contribution in [0.25, 0.3) is 15.7 Å². The molecule has 138 valence electrons. The Kier molecular flexibility index (Phi) is 4.53. The molecule has 0 saturated heterocycles. The van der Waals surface area contributed by atoms with Crippen molar-refractivity contribution < 1.29 is 4.79 Å². The molecule has 0 unspecified atom stereocenters. The number of nitrogens with one attached hydrogen (secondary N) is 1. The number of fused-ring (bicyclic) bond motifs is 3. The van der Waals surface area contributed by atoms with Gasteiger partial charge in [-0.2, -0.15) is 5.10 Å². The molecule has 3 aromatic heterocycles. The van der Waals surface area contributed by atoms with Gasteiger partial charge in [-0.25, -0.2) is 4.68 Å². The van der Waals surface area contributed by atoms with Crippen molar-refractivity contribution in [2.45, 2.75) is 33.4 Å². The van der Waals surface area contributed by atoms with E-state index in [9.17, 15) is 9.59 Å². The monoisotopic (exact) mass is 380 g/mol. The third kappa shape index (κ3) is 3.26. The molecule has 0 saturated carbocycles. The second kappa shape index (κ2) is 7.00. The van der Waals surface area contributed by atoms with Gasteiger partial charge in [-0.1, -0.05) is 31.2 Å². The van der Waals surface area contributed by atoms with E-state index in [4.69, 9.17) is 0 Å². The molecular formula is C20H20N4O2S. The highest BCUT2D eigenvalue weighted by atomic mass is 32.1. The van der Waals surface area contributed by atoms with Crippen LogP contribution >= 0.6 is 11.3 Å². The fourth-order valence-electron chi connectivity index (χ4n) is 3.13. The van der Waals surface area contributed by atoms with Gasteiger partial charge >= 0.3 is 0 Å². The number of nitrogens with zero attached hydrogens (tertiary/aromatic N) is 3. The number of amides is 1. The number of aryl methyl sites for hydroxylation is 2. The molecule has 27 heavy (non-hydrogen) atoms. The number of hydrogen-bond donors (Lipinski definition) is 1. The first-order valence-electron chi connectivity index (χ1n) is 8.87. The van der Waals surface area contributed by atoms with Crippen molar-refractivity contribution in [2.75, 3.05) is 0 Å². The highest BCUT2D eigenvalue weighted by Crippen LogP contribution is 2.28. The maximum Gasteiger partial charge on any atom is 0.291 e. The fourth-order valence-corrected chi connectivity index (χ4v) is 4.16. The Hall–Kier alpha value is -2.93. The summed E-state index contributed by atoms with van der Waals surface area (Å²) in [6.45, 7) is 4.45. The molecule has 1 amide bonds. The Balaban J connectivity index is 1.55. The zero-order valence-electron chi connectivity index (χ0n) is 15.2. The average Bonchev–Trinajstić information content (AvgIpc) is 3.21. The third-order valence-corrected chi connectivity index (χ3v) is 5.93. The zero-order valence-corrected chi connectivity index (χ0v) is 16.0. The summed E-state index contributed by atoms with van der Waals surface area (Å²) in [5, 5.41) is 7.04. The van der Waals surface area contributed by atoms with Gasteiger partial charge in [0.15, 0.2) is 0 Å². The lowest BCUT2D eigenvalue weighted by atomic mass is 10.1. The van der Waals surface area contributed by atoms with Crippen LogP contribution in [0, 0.1) is 6.92 Å². The van der Waals surface area contributed by atoms with Crippen molar-refractivity contribution in [1.29, 1.82) is 0 Å². The highest BCUT2D eigenvalue weighted by Gasteiger charge is 2.13. The van der Waals surface area contributed by atoms with E-state index in [0.29, 0.717) is 12.1 Å². The molecule has 1 aromatic carbocycles. The smallest absolute Gasteiger partial charge is 0.291 e. The molecule has 0 spiro atoms. The summed E-state index contributed by atoms with van der Waals surface area (Å²) >= 11 is 1.68. The van der Waals surface area contributed by atoms with Crippen molar-refractivity contribution >= 4 is 33.0 Å². The molecule has 0 atom stereocenters. The van der Waals surface area contributed by atoms with E-state index in [2.05, 4.69) is 23.4 Å². The fraction of sp³-hybridized carbons (Fsp3) is 0.250. The lowest BCUT2D eigenvalue weighted by Crippen LogP contribution is -2.34. The predicted octanol–water partition coefficient (Wildman–Crippen LogP) is 2.90. The van der Waals surface area contributed by atoms with Gasteiger partial charge in [-0.05, 0) is 36.6 Å². The largest absolute Gasteiger partial charge is 0.350 e. The van der Waals surface area contributed by atoms with Gasteiger partial charge in [0, 0.05) is 11.4 Å². The van der Waals surface area contributed by atoms with E-state index in [1.165, 1.54) is 9.56 Å².